The minimum absolute atomic E-state index is 0.0299. The van der Waals surface area contributed by atoms with Crippen molar-refractivity contribution in [3.05, 3.63) is 35.4 Å². The van der Waals surface area contributed by atoms with Crippen molar-refractivity contribution in [1.82, 2.24) is 4.90 Å². The molecule has 132 valence electrons. The zero-order valence-corrected chi connectivity index (χ0v) is 14.9. The van der Waals surface area contributed by atoms with Crippen LogP contribution in [0.1, 0.15) is 50.7 Å². The van der Waals surface area contributed by atoms with Crippen LogP contribution in [0.3, 0.4) is 0 Å². The van der Waals surface area contributed by atoms with Gasteiger partial charge in [-0.1, -0.05) is 24.3 Å². The second kappa shape index (κ2) is 7.24. The number of hydrogen-bond donors (Lipinski definition) is 1. The lowest BCUT2D eigenvalue weighted by Gasteiger charge is -2.36. The fourth-order valence-corrected chi connectivity index (χ4v) is 3.27. The van der Waals surface area contributed by atoms with E-state index in [-0.39, 0.29) is 12.0 Å². The third-order valence-electron chi connectivity index (χ3n) is 4.45. The topological polar surface area (TPSA) is 66.8 Å². The van der Waals surface area contributed by atoms with E-state index in [1.165, 1.54) is 0 Å². The summed E-state index contributed by atoms with van der Waals surface area (Å²) in [7, 11) is 0. The molecule has 0 spiro atoms. The summed E-state index contributed by atoms with van der Waals surface area (Å²) in [5.74, 6) is -1.28. The van der Waals surface area contributed by atoms with E-state index >= 15 is 0 Å². The van der Waals surface area contributed by atoms with Gasteiger partial charge in [-0.2, -0.15) is 0 Å². The molecule has 5 heteroatoms. The summed E-state index contributed by atoms with van der Waals surface area (Å²) in [5, 5.41) is 9.73. The number of nitrogens with zero attached hydrogens (tertiary/aromatic N) is 1. The van der Waals surface area contributed by atoms with Gasteiger partial charge in [0, 0.05) is 13.1 Å². The second-order valence-electron chi connectivity index (χ2n) is 7.48. The van der Waals surface area contributed by atoms with Crippen molar-refractivity contribution in [3.8, 4) is 0 Å². The highest BCUT2D eigenvalue weighted by Gasteiger charge is 2.35. The van der Waals surface area contributed by atoms with Gasteiger partial charge in [0.05, 0.1) is 5.92 Å². The summed E-state index contributed by atoms with van der Waals surface area (Å²) >= 11 is 0. The van der Waals surface area contributed by atoms with E-state index in [0.717, 1.165) is 11.1 Å². The van der Waals surface area contributed by atoms with E-state index in [2.05, 4.69) is 0 Å². The van der Waals surface area contributed by atoms with Crippen LogP contribution in [-0.2, 0) is 9.53 Å². The Morgan fingerprint density at radius 1 is 1.21 bits per heavy atom. The molecule has 1 N–H and O–H groups in total. The van der Waals surface area contributed by atoms with E-state index in [4.69, 9.17) is 4.74 Å². The standard InChI is InChI=1S/C19H27NO4/c1-13-7-5-6-8-15(13)16(17(21)22)14-9-11-20(12-10-14)18(23)24-19(2,3)4/h5-8,14,16H,9-12H2,1-4H3,(H,21,22). The monoisotopic (exact) mass is 333 g/mol. The first-order chi connectivity index (χ1) is 11.2. The first-order valence-electron chi connectivity index (χ1n) is 8.45. The number of carbonyl (C=O) groups excluding carboxylic acids is 1. The summed E-state index contributed by atoms with van der Waals surface area (Å²) in [6.07, 6.45) is 1.03. The van der Waals surface area contributed by atoms with Gasteiger partial charge in [0.25, 0.3) is 0 Å². The van der Waals surface area contributed by atoms with Gasteiger partial charge in [0.1, 0.15) is 5.60 Å². The van der Waals surface area contributed by atoms with Crippen LogP contribution in [-0.4, -0.2) is 40.8 Å². The number of aryl methyl sites for hydroxylation is 1. The predicted molar refractivity (Wildman–Crippen MR) is 92.1 cm³/mol. The Morgan fingerprint density at radius 2 is 1.79 bits per heavy atom. The molecule has 2 rings (SSSR count). The molecular weight excluding hydrogens is 306 g/mol. The minimum Gasteiger partial charge on any atom is -0.481 e. The average Bonchev–Trinajstić information content (AvgIpc) is 2.48. The van der Waals surface area contributed by atoms with Crippen molar-refractivity contribution in [2.24, 2.45) is 5.92 Å². The number of ether oxygens (including phenoxy) is 1. The number of likely N-dealkylation sites (tertiary alicyclic amines) is 1. The molecule has 0 aromatic heterocycles. The number of carbonyl (C=O) groups is 2. The van der Waals surface area contributed by atoms with Crippen molar-refractivity contribution in [3.63, 3.8) is 0 Å². The number of aliphatic carboxylic acids is 1. The van der Waals surface area contributed by atoms with Crippen molar-refractivity contribution >= 4 is 12.1 Å². The maximum atomic E-state index is 12.1. The van der Waals surface area contributed by atoms with E-state index in [1.54, 1.807) is 4.90 Å². The zero-order chi connectivity index (χ0) is 17.9. The Bertz CT molecular complexity index is 598. The molecule has 1 saturated heterocycles. The van der Waals surface area contributed by atoms with E-state index in [1.807, 2.05) is 52.0 Å². The lowest BCUT2D eigenvalue weighted by molar-refractivity contribution is -0.140. The van der Waals surface area contributed by atoms with Gasteiger partial charge in [-0.3, -0.25) is 4.79 Å². The van der Waals surface area contributed by atoms with Crippen molar-refractivity contribution in [2.45, 2.75) is 52.1 Å². The predicted octanol–water partition coefficient (Wildman–Crippen LogP) is 3.81. The summed E-state index contributed by atoms with van der Waals surface area (Å²) in [4.78, 5) is 25.7. The van der Waals surface area contributed by atoms with E-state index in [0.29, 0.717) is 25.9 Å². The molecule has 24 heavy (non-hydrogen) atoms. The van der Waals surface area contributed by atoms with Crippen LogP contribution in [0.5, 0.6) is 0 Å². The zero-order valence-electron chi connectivity index (χ0n) is 14.9. The lowest BCUT2D eigenvalue weighted by atomic mass is 9.79. The van der Waals surface area contributed by atoms with Crippen molar-refractivity contribution in [1.29, 1.82) is 0 Å². The van der Waals surface area contributed by atoms with Gasteiger partial charge in [-0.05, 0) is 57.6 Å². The third kappa shape index (κ3) is 4.49. The Kier molecular flexibility index (Phi) is 5.52. The molecule has 1 aliphatic rings. The first-order valence-corrected chi connectivity index (χ1v) is 8.45. The van der Waals surface area contributed by atoms with Crippen LogP contribution in [0, 0.1) is 12.8 Å². The molecule has 0 saturated carbocycles. The van der Waals surface area contributed by atoms with Gasteiger partial charge >= 0.3 is 12.1 Å². The van der Waals surface area contributed by atoms with Crippen LogP contribution < -0.4 is 0 Å². The van der Waals surface area contributed by atoms with Crippen LogP contribution in [0.4, 0.5) is 4.79 Å². The molecule has 1 unspecified atom stereocenters. The van der Waals surface area contributed by atoms with Crippen LogP contribution in [0.2, 0.25) is 0 Å². The Labute approximate surface area is 143 Å². The third-order valence-corrected chi connectivity index (χ3v) is 4.45. The summed E-state index contributed by atoms with van der Waals surface area (Å²) in [5.41, 5.74) is 1.36. The van der Waals surface area contributed by atoms with Gasteiger partial charge in [0.15, 0.2) is 0 Å². The lowest BCUT2D eigenvalue weighted by Crippen LogP contribution is -2.43. The van der Waals surface area contributed by atoms with Gasteiger partial charge in [-0.15, -0.1) is 0 Å². The molecule has 1 heterocycles. The smallest absolute Gasteiger partial charge is 0.410 e. The largest absolute Gasteiger partial charge is 0.481 e. The highest BCUT2D eigenvalue weighted by Crippen LogP contribution is 2.34. The van der Waals surface area contributed by atoms with Gasteiger partial charge in [-0.25, -0.2) is 4.79 Å². The Hall–Kier alpha value is -2.04. The molecule has 1 aliphatic heterocycles. The number of piperidine rings is 1. The molecular formula is C19H27NO4. The molecule has 1 amide bonds. The molecule has 0 bridgehead atoms. The van der Waals surface area contributed by atoms with Crippen molar-refractivity contribution in [2.75, 3.05) is 13.1 Å². The number of carboxylic acid groups (broad SMARTS) is 1. The number of hydrogen-bond acceptors (Lipinski definition) is 3. The maximum Gasteiger partial charge on any atom is 0.410 e. The summed E-state index contributed by atoms with van der Waals surface area (Å²) in [6, 6.07) is 7.65. The molecule has 0 radical (unpaired) electrons. The van der Waals surface area contributed by atoms with E-state index in [9.17, 15) is 14.7 Å². The fourth-order valence-electron chi connectivity index (χ4n) is 3.27. The molecule has 1 atom stereocenters. The molecule has 1 fully saturated rings. The summed E-state index contributed by atoms with van der Waals surface area (Å²) in [6.45, 7) is 8.55. The van der Waals surface area contributed by atoms with Gasteiger partial charge in [0.2, 0.25) is 0 Å². The molecule has 5 nitrogen and oxygen atoms in total. The summed E-state index contributed by atoms with van der Waals surface area (Å²) < 4.78 is 5.39. The number of rotatable bonds is 3. The number of amides is 1. The normalized spacial score (nSPS) is 17.4. The van der Waals surface area contributed by atoms with Gasteiger partial charge < -0.3 is 14.7 Å². The quantitative estimate of drug-likeness (QED) is 0.913. The highest BCUT2D eigenvalue weighted by atomic mass is 16.6. The second-order valence-corrected chi connectivity index (χ2v) is 7.48. The number of benzene rings is 1. The minimum atomic E-state index is -0.792. The van der Waals surface area contributed by atoms with E-state index < -0.39 is 17.5 Å². The van der Waals surface area contributed by atoms with Crippen LogP contribution >= 0.6 is 0 Å². The SMILES string of the molecule is Cc1ccccc1C(C(=O)O)C1CCN(C(=O)OC(C)(C)C)CC1. The maximum absolute atomic E-state index is 12.1. The van der Waals surface area contributed by atoms with Crippen LogP contribution in [0.15, 0.2) is 24.3 Å². The molecule has 1 aromatic carbocycles. The molecule has 0 aliphatic carbocycles. The van der Waals surface area contributed by atoms with Crippen LogP contribution in [0.25, 0.3) is 0 Å². The Morgan fingerprint density at radius 3 is 2.29 bits per heavy atom. The Balaban J connectivity index is 2.05. The molecule has 1 aromatic rings. The highest BCUT2D eigenvalue weighted by molar-refractivity contribution is 5.77. The number of carboxylic acids is 1. The average molecular weight is 333 g/mol. The fraction of sp³-hybridized carbons (Fsp3) is 0.579. The first kappa shape index (κ1) is 18.3. The van der Waals surface area contributed by atoms with Crippen molar-refractivity contribution < 1.29 is 19.4 Å².